The maximum Gasteiger partial charge on any atom is 0.312 e. The summed E-state index contributed by atoms with van der Waals surface area (Å²) in [5.74, 6) is -0.266. The number of primary amides is 1. The lowest BCUT2D eigenvalue weighted by Gasteiger charge is -2.21. The average molecular weight is 217 g/mol. The number of carbonyl (C=O) groups excluding carboxylic acids is 2. The highest BCUT2D eigenvalue weighted by atomic mass is 16.5. The van der Waals surface area contributed by atoms with Crippen LogP contribution in [0.2, 0.25) is 0 Å². The maximum atomic E-state index is 11.3. The van der Waals surface area contributed by atoms with Crippen molar-refractivity contribution in [2.24, 2.45) is 11.1 Å². The van der Waals surface area contributed by atoms with Crippen LogP contribution < -0.4 is 16.4 Å². The smallest absolute Gasteiger partial charge is 0.312 e. The van der Waals surface area contributed by atoms with Crippen molar-refractivity contribution in [1.82, 2.24) is 10.6 Å². The number of hydrogen-bond donors (Lipinski definition) is 3. The Bertz CT molecular complexity index is 229. The summed E-state index contributed by atoms with van der Waals surface area (Å²) in [6, 6.07) is -0.552. The van der Waals surface area contributed by atoms with E-state index in [-0.39, 0.29) is 5.97 Å². The Labute approximate surface area is 89.5 Å². The van der Waals surface area contributed by atoms with E-state index < -0.39 is 11.4 Å². The first kappa shape index (κ1) is 13.7. The topological polar surface area (TPSA) is 93.4 Å². The highest BCUT2D eigenvalue weighted by Crippen LogP contribution is 2.14. The molecular weight excluding hydrogens is 198 g/mol. The van der Waals surface area contributed by atoms with Crippen molar-refractivity contribution in [3.05, 3.63) is 0 Å². The van der Waals surface area contributed by atoms with Gasteiger partial charge in [0.1, 0.15) is 0 Å². The second-order valence-electron chi connectivity index (χ2n) is 3.84. The lowest BCUT2D eigenvalue weighted by molar-refractivity contribution is -0.150. The monoisotopic (exact) mass is 217 g/mol. The van der Waals surface area contributed by atoms with Crippen molar-refractivity contribution in [2.45, 2.75) is 13.8 Å². The van der Waals surface area contributed by atoms with Gasteiger partial charge in [-0.1, -0.05) is 0 Å². The quantitative estimate of drug-likeness (QED) is 0.411. The summed E-state index contributed by atoms with van der Waals surface area (Å²) in [4.78, 5) is 21.6. The number of carbonyl (C=O) groups is 2. The van der Waals surface area contributed by atoms with Gasteiger partial charge in [0.15, 0.2) is 0 Å². The first-order valence-electron chi connectivity index (χ1n) is 4.72. The van der Waals surface area contributed by atoms with E-state index in [1.165, 1.54) is 7.11 Å². The standard InChI is InChI=1S/C9H19N3O3/c1-9(2,7(13)15-3)6-11-4-5-12-8(10)14/h11H,4-6H2,1-3H3,(H3,10,12,14). The van der Waals surface area contributed by atoms with Gasteiger partial charge in [-0.15, -0.1) is 0 Å². The molecule has 88 valence electrons. The minimum atomic E-state index is -0.568. The van der Waals surface area contributed by atoms with Crippen molar-refractivity contribution in [1.29, 1.82) is 0 Å². The van der Waals surface area contributed by atoms with Crippen molar-refractivity contribution < 1.29 is 14.3 Å². The third kappa shape index (κ3) is 5.90. The van der Waals surface area contributed by atoms with Crippen molar-refractivity contribution in [3.63, 3.8) is 0 Å². The van der Waals surface area contributed by atoms with Gasteiger partial charge in [-0.2, -0.15) is 0 Å². The maximum absolute atomic E-state index is 11.3. The summed E-state index contributed by atoms with van der Waals surface area (Å²) < 4.78 is 4.64. The Morgan fingerprint density at radius 1 is 1.33 bits per heavy atom. The molecule has 0 saturated heterocycles. The summed E-state index contributed by atoms with van der Waals surface area (Å²) in [6.45, 7) is 5.05. The molecule has 0 aliphatic heterocycles. The normalized spacial score (nSPS) is 10.9. The summed E-state index contributed by atoms with van der Waals surface area (Å²) in [5, 5.41) is 5.46. The van der Waals surface area contributed by atoms with Crippen LogP contribution in [0.3, 0.4) is 0 Å². The molecule has 0 bridgehead atoms. The molecule has 0 unspecified atom stereocenters. The molecule has 0 rings (SSSR count). The molecule has 15 heavy (non-hydrogen) atoms. The van der Waals surface area contributed by atoms with E-state index in [4.69, 9.17) is 5.73 Å². The first-order valence-corrected chi connectivity index (χ1v) is 4.72. The summed E-state index contributed by atoms with van der Waals surface area (Å²) in [6.07, 6.45) is 0. The lowest BCUT2D eigenvalue weighted by atomic mass is 9.94. The van der Waals surface area contributed by atoms with Gasteiger partial charge in [-0.3, -0.25) is 4.79 Å². The van der Waals surface area contributed by atoms with Gasteiger partial charge in [0.25, 0.3) is 0 Å². The number of nitrogens with one attached hydrogen (secondary N) is 2. The number of methoxy groups -OCH3 is 1. The molecule has 0 fully saturated rings. The Morgan fingerprint density at radius 3 is 2.40 bits per heavy atom. The second-order valence-corrected chi connectivity index (χ2v) is 3.84. The average Bonchev–Trinajstić information content (AvgIpc) is 2.15. The number of rotatable bonds is 6. The number of ether oxygens (including phenoxy) is 1. The number of nitrogens with two attached hydrogens (primary N) is 1. The fourth-order valence-electron chi connectivity index (χ4n) is 1.02. The largest absolute Gasteiger partial charge is 0.469 e. The number of urea groups is 1. The predicted molar refractivity (Wildman–Crippen MR) is 56.3 cm³/mol. The predicted octanol–water partition coefficient (Wildman–Crippen LogP) is -0.556. The van der Waals surface area contributed by atoms with Crippen LogP contribution in [0, 0.1) is 5.41 Å². The van der Waals surface area contributed by atoms with E-state index >= 15 is 0 Å². The molecular formula is C9H19N3O3. The molecule has 0 aromatic carbocycles. The van der Waals surface area contributed by atoms with Crippen molar-refractivity contribution in [2.75, 3.05) is 26.7 Å². The van der Waals surface area contributed by atoms with E-state index in [9.17, 15) is 9.59 Å². The Hall–Kier alpha value is -1.30. The fraction of sp³-hybridized carbons (Fsp3) is 0.778. The van der Waals surface area contributed by atoms with Crippen LogP contribution in [0.4, 0.5) is 4.79 Å². The SMILES string of the molecule is COC(=O)C(C)(C)CNCCNC(N)=O. The molecule has 0 aliphatic carbocycles. The van der Waals surface area contributed by atoms with Crippen LogP contribution in [-0.4, -0.2) is 38.7 Å². The van der Waals surface area contributed by atoms with E-state index in [1.54, 1.807) is 13.8 Å². The second kappa shape index (κ2) is 6.23. The Balaban J connectivity index is 3.66. The highest BCUT2D eigenvalue weighted by Gasteiger charge is 2.27. The zero-order chi connectivity index (χ0) is 11.9. The number of hydrogen-bond acceptors (Lipinski definition) is 4. The van der Waals surface area contributed by atoms with Gasteiger partial charge < -0.3 is 21.1 Å². The number of amides is 2. The molecule has 0 aliphatic rings. The molecule has 0 radical (unpaired) electrons. The molecule has 2 amide bonds. The molecule has 0 saturated carbocycles. The van der Waals surface area contributed by atoms with Gasteiger partial charge in [0.05, 0.1) is 12.5 Å². The minimum absolute atomic E-state index is 0.266. The van der Waals surface area contributed by atoms with E-state index in [0.29, 0.717) is 19.6 Å². The van der Waals surface area contributed by atoms with E-state index in [0.717, 1.165) is 0 Å². The fourth-order valence-corrected chi connectivity index (χ4v) is 1.02. The molecule has 6 heteroatoms. The molecule has 0 aromatic heterocycles. The molecule has 0 spiro atoms. The van der Waals surface area contributed by atoms with Gasteiger partial charge in [-0.25, -0.2) is 4.79 Å². The molecule has 6 nitrogen and oxygen atoms in total. The summed E-state index contributed by atoms with van der Waals surface area (Å²) >= 11 is 0. The third-order valence-electron chi connectivity index (χ3n) is 1.91. The third-order valence-corrected chi connectivity index (χ3v) is 1.91. The molecule has 0 atom stereocenters. The summed E-state index contributed by atoms with van der Waals surface area (Å²) in [7, 11) is 1.36. The molecule has 0 aromatic rings. The zero-order valence-corrected chi connectivity index (χ0v) is 9.42. The Kier molecular flexibility index (Phi) is 5.69. The zero-order valence-electron chi connectivity index (χ0n) is 9.42. The van der Waals surface area contributed by atoms with Crippen LogP contribution >= 0.6 is 0 Å². The van der Waals surface area contributed by atoms with Crippen LogP contribution in [0.1, 0.15) is 13.8 Å². The van der Waals surface area contributed by atoms with Gasteiger partial charge in [0.2, 0.25) is 0 Å². The van der Waals surface area contributed by atoms with Crippen LogP contribution in [-0.2, 0) is 9.53 Å². The number of esters is 1. The molecule has 4 N–H and O–H groups in total. The van der Waals surface area contributed by atoms with E-state index in [1.807, 2.05) is 0 Å². The lowest BCUT2D eigenvalue weighted by Crippen LogP contribution is -2.41. The van der Waals surface area contributed by atoms with Crippen molar-refractivity contribution >= 4 is 12.0 Å². The highest BCUT2D eigenvalue weighted by molar-refractivity contribution is 5.76. The minimum Gasteiger partial charge on any atom is -0.469 e. The van der Waals surface area contributed by atoms with Crippen molar-refractivity contribution in [3.8, 4) is 0 Å². The Morgan fingerprint density at radius 2 is 1.93 bits per heavy atom. The van der Waals surface area contributed by atoms with Gasteiger partial charge in [-0.05, 0) is 13.8 Å². The summed E-state index contributed by atoms with van der Waals surface area (Å²) in [5.41, 5.74) is 4.31. The van der Waals surface area contributed by atoms with Crippen LogP contribution in [0.15, 0.2) is 0 Å². The first-order chi connectivity index (χ1) is 6.90. The molecule has 0 heterocycles. The van der Waals surface area contributed by atoms with Gasteiger partial charge >= 0.3 is 12.0 Å². The van der Waals surface area contributed by atoms with E-state index in [2.05, 4.69) is 15.4 Å². The van der Waals surface area contributed by atoms with Crippen LogP contribution in [0.5, 0.6) is 0 Å². The van der Waals surface area contributed by atoms with Crippen LogP contribution in [0.25, 0.3) is 0 Å². The van der Waals surface area contributed by atoms with Gasteiger partial charge in [0, 0.05) is 19.6 Å².